The number of rotatable bonds is 11. The molecule has 0 spiro atoms. The van der Waals surface area contributed by atoms with Crippen molar-refractivity contribution < 1.29 is 24.2 Å². The van der Waals surface area contributed by atoms with Crippen molar-refractivity contribution in [1.82, 2.24) is 10.3 Å². The summed E-state index contributed by atoms with van der Waals surface area (Å²) < 4.78 is 11.0. The molecule has 1 aromatic heterocycles. The van der Waals surface area contributed by atoms with Crippen LogP contribution >= 0.6 is 11.6 Å². The summed E-state index contributed by atoms with van der Waals surface area (Å²) in [7, 11) is 3.34. The second-order valence-electron chi connectivity index (χ2n) is 9.50. The minimum absolute atomic E-state index is 0.0759. The van der Waals surface area contributed by atoms with Gasteiger partial charge >= 0.3 is 12.1 Å². The SMILES string of the molecule is CNCc1cccc(NC(=O)OC[C@H](C)c2ccc(C(Nc3ccc4c(Cl)c[nH]c(=O)c4c3)C(=O)O)cc2OC)c1. The monoisotopic (exact) mass is 578 g/mol. The van der Waals surface area contributed by atoms with Crippen molar-refractivity contribution in [3.05, 3.63) is 98.9 Å². The molecule has 41 heavy (non-hydrogen) atoms. The average molecular weight is 579 g/mol. The van der Waals surface area contributed by atoms with Gasteiger partial charge in [0, 0.05) is 41.0 Å². The van der Waals surface area contributed by atoms with E-state index in [0.717, 1.165) is 11.1 Å². The number of H-pyrrole nitrogens is 1. The molecular formula is C30H31ClN4O6. The molecular weight excluding hydrogens is 548 g/mol. The number of hydrogen-bond acceptors (Lipinski definition) is 7. The van der Waals surface area contributed by atoms with Gasteiger partial charge in [0.15, 0.2) is 6.04 Å². The zero-order valence-corrected chi connectivity index (χ0v) is 23.5. The number of fused-ring (bicyclic) bond motifs is 1. The van der Waals surface area contributed by atoms with Crippen molar-refractivity contribution in [2.45, 2.75) is 25.4 Å². The molecule has 11 heteroatoms. The molecule has 0 radical (unpaired) electrons. The number of nitrogens with one attached hydrogen (secondary N) is 4. The van der Waals surface area contributed by atoms with E-state index in [4.69, 9.17) is 21.1 Å². The van der Waals surface area contributed by atoms with Gasteiger partial charge in [0.1, 0.15) is 5.75 Å². The smallest absolute Gasteiger partial charge is 0.411 e. The Balaban J connectivity index is 1.47. The van der Waals surface area contributed by atoms with Crippen molar-refractivity contribution in [3.8, 4) is 5.75 Å². The summed E-state index contributed by atoms with van der Waals surface area (Å²) >= 11 is 6.17. The number of aliphatic carboxylic acids is 1. The highest BCUT2D eigenvalue weighted by Crippen LogP contribution is 2.32. The summed E-state index contributed by atoms with van der Waals surface area (Å²) in [5.41, 5.74) is 2.93. The molecule has 10 nitrogen and oxygen atoms in total. The largest absolute Gasteiger partial charge is 0.496 e. The van der Waals surface area contributed by atoms with Gasteiger partial charge in [-0.15, -0.1) is 0 Å². The van der Waals surface area contributed by atoms with Crippen molar-refractivity contribution >= 4 is 45.8 Å². The Kier molecular flexibility index (Phi) is 9.49. The number of carboxylic acid groups (broad SMARTS) is 1. The van der Waals surface area contributed by atoms with Gasteiger partial charge in [-0.3, -0.25) is 10.1 Å². The molecule has 2 atom stereocenters. The topological polar surface area (TPSA) is 142 Å². The third-order valence-electron chi connectivity index (χ3n) is 6.55. The Morgan fingerprint density at radius 1 is 1.05 bits per heavy atom. The summed E-state index contributed by atoms with van der Waals surface area (Å²) in [6, 6.07) is 16.3. The van der Waals surface area contributed by atoms with Crippen molar-refractivity contribution in [2.24, 2.45) is 0 Å². The number of aromatic nitrogens is 1. The first-order valence-corrected chi connectivity index (χ1v) is 13.2. The number of pyridine rings is 1. The number of carboxylic acids is 1. The van der Waals surface area contributed by atoms with E-state index in [1.165, 1.54) is 13.3 Å². The zero-order chi connectivity index (χ0) is 29.5. The Morgan fingerprint density at radius 2 is 1.85 bits per heavy atom. The molecule has 214 valence electrons. The molecule has 4 rings (SSSR count). The lowest BCUT2D eigenvalue weighted by Crippen LogP contribution is -2.21. The highest BCUT2D eigenvalue weighted by molar-refractivity contribution is 6.35. The predicted molar refractivity (Wildman–Crippen MR) is 159 cm³/mol. The highest BCUT2D eigenvalue weighted by atomic mass is 35.5. The van der Waals surface area contributed by atoms with Gasteiger partial charge in [0.2, 0.25) is 0 Å². The molecule has 0 aliphatic heterocycles. The first-order chi connectivity index (χ1) is 19.7. The van der Waals surface area contributed by atoms with Crippen LogP contribution in [0.2, 0.25) is 5.02 Å². The first kappa shape index (κ1) is 29.4. The molecule has 4 aromatic rings. The van der Waals surface area contributed by atoms with E-state index in [-0.39, 0.29) is 18.1 Å². The van der Waals surface area contributed by atoms with E-state index in [2.05, 4.69) is 20.9 Å². The fraction of sp³-hybridized carbons (Fsp3) is 0.233. The third kappa shape index (κ3) is 7.16. The van der Waals surface area contributed by atoms with Crippen LogP contribution < -0.4 is 26.2 Å². The lowest BCUT2D eigenvalue weighted by molar-refractivity contribution is -0.138. The van der Waals surface area contributed by atoms with Crippen LogP contribution in [0.1, 0.15) is 35.6 Å². The third-order valence-corrected chi connectivity index (χ3v) is 6.86. The predicted octanol–water partition coefficient (Wildman–Crippen LogP) is 5.50. The van der Waals surface area contributed by atoms with Gasteiger partial charge in [-0.1, -0.05) is 48.9 Å². The Morgan fingerprint density at radius 3 is 2.59 bits per heavy atom. The highest BCUT2D eigenvalue weighted by Gasteiger charge is 2.23. The fourth-order valence-electron chi connectivity index (χ4n) is 4.49. The summed E-state index contributed by atoms with van der Waals surface area (Å²) in [5.74, 6) is -0.908. The number of hydrogen-bond donors (Lipinski definition) is 5. The summed E-state index contributed by atoms with van der Waals surface area (Å²) in [5, 5.41) is 20.0. The van der Waals surface area contributed by atoms with Crippen LogP contribution in [0.3, 0.4) is 0 Å². The molecule has 1 heterocycles. The molecule has 0 aliphatic carbocycles. The first-order valence-electron chi connectivity index (χ1n) is 12.9. The number of carbonyl (C=O) groups excluding carboxylic acids is 1. The molecule has 1 amide bonds. The summed E-state index contributed by atoms with van der Waals surface area (Å²) in [4.78, 5) is 39.5. The van der Waals surface area contributed by atoms with Gasteiger partial charge in [-0.2, -0.15) is 0 Å². The van der Waals surface area contributed by atoms with Crippen molar-refractivity contribution in [3.63, 3.8) is 0 Å². The van der Waals surface area contributed by atoms with Crippen LogP contribution in [-0.2, 0) is 16.1 Å². The normalized spacial score (nSPS) is 12.4. The van der Waals surface area contributed by atoms with Crippen LogP contribution in [-0.4, -0.2) is 42.9 Å². The number of benzene rings is 3. The van der Waals surface area contributed by atoms with Gasteiger partial charge in [-0.05, 0) is 48.5 Å². The number of carbonyl (C=O) groups is 2. The maximum atomic E-state index is 12.4. The summed E-state index contributed by atoms with van der Waals surface area (Å²) in [6.07, 6.45) is 0.829. The van der Waals surface area contributed by atoms with Crippen LogP contribution in [0.25, 0.3) is 10.8 Å². The number of amides is 1. The number of methoxy groups -OCH3 is 1. The molecule has 3 aromatic carbocycles. The average Bonchev–Trinajstić information content (AvgIpc) is 2.96. The van der Waals surface area contributed by atoms with Crippen molar-refractivity contribution in [2.75, 3.05) is 31.4 Å². The Hall–Kier alpha value is -4.54. The second kappa shape index (κ2) is 13.2. The number of halogens is 1. The van der Waals surface area contributed by atoms with Gasteiger partial charge in [0.05, 0.1) is 24.1 Å². The number of ether oxygens (including phenoxy) is 2. The van der Waals surface area contributed by atoms with E-state index < -0.39 is 18.1 Å². The second-order valence-corrected chi connectivity index (χ2v) is 9.91. The van der Waals surface area contributed by atoms with E-state index in [1.807, 2.05) is 32.2 Å². The fourth-order valence-corrected chi connectivity index (χ4v) is 4.71. The Bertz CT molecular complexity index is 1620. The maximum Gasteiger partial charge on any atom is 0.411 e. The van der Waals surface area contributed by atoms with E-state index in [1.54, 1.807) is 42.5 Å². The van der Waals surface area contributed by atoms with Gasteiger partial charge < -0.3 is 30.2 Å². The molecule has 0 saturated carbocycles. The van der Waals surface area contributed by atoms with E-state index >= 15 is 0 Å². The van der Waals surface area contributed by atoms with Crippen LogP contribution in [0.5, 0.6) is 5.75 Å². The molecule has 1 unspecified atom stereocenters. The molecule has 0 saturated heterocycles. The van der Waals surface area contributed by atoms with Crippen molar-refractivity contribution in [1.29, 1.82) is 0 Å². The quantitative estimate of drug-likeness (QED) is 0.157. The van der Waals surface area contributed by atoms with Gasteiger partial charge in [-0.25, -0.2) is 9.59 Å². The molecule has 5 N–H and O–H groups in total. The van der Waals surface area contributed by atoms with E-state index in [0.29, 0.717) is 45.0 Å². The Labute approximate surface area is 241 Å². The summed E-state index contributed by atoms with van der Waals surface area (Å²) in [6.45, 7) is 2.63. The minimum atomic E-state index is -1.13. The lowest BCUT2D eigenvalue weighted by Gasteiger charge is -2.20. The lowest BCUT2D eigenvalue weighted by atomic mass is 9.96. The van der Waals surface area contributed by atoms with Gasteiger partial charge in [0.25, 0.3) is 5.56 Å². The molecule has 0 fully saturated rings. The molecule has 0 bridgehead atoms. The zero-order valence-electron chi connectivity index (χ0n) is 22.8. The maximum absolute atomic E-state index is 12.4. The standard InChI is InChI=1S/C30H31ClN4O6/c1-17(16-41-30(39)35-20-6-4-5-18(11-20)14-32-2)22-9-7-19(12-26(22)40-3)27(29(37)38)34-21-8-10-23-24(13-21)28(36)33-15-25(23)31/h4-13,15,17,27,32,34H,14,16H2,1-3H3,(H,33,36)(H,35,39)(H,37,38)/t17-,27?/m0/s1. The van der Waals surface area contributed by atoms with Crippen LogP contribution in [0, 0.1) is 0 Å². The molecule has 0 aliphatic rings. The number of aromatic amines is 1. The van der Waals surface area contributed by atoms with E-state index in [9.17, 15) is 19.5 Å². The minimum Gasteiger partial charge on any atom is -0.496 e. The van der Waals surface area contributed by atoms with Crippen LogP contribution in [0.15, 0.2) is 71.7 Å². The number of anilines is 2. The van der Waals surface area contributed by atoms with Crippen LogP contribution in [0.4, 0.5) is 16.2 Å².